The van der Waals surface area contributed by atoms with E-state index in [0.29, 0.717) is 12.3 Å². The van der Waals surface area contributed by atoms with E-state index < -0.39 is 0 Å². The molecule has 2 heterocycles. The fraction of sp³-hybridized carbons (Fsp3) is 0.368. The minimum absolute atomic E-state index is 0.277. The van der Waals surface area contributed by atoms with Crippen molar-refractivity contribution in [2.75, 3.05) is 13.1 Å². The molecule has 0 radical (unpaired) electrons. The van der Waals surface area contributed by atoms with E-state index in [-0.39, 0.29) is 5.91 Å². The fourth-order valence-corrected chi connectivity index (χ4v) is 3.13. The predicted octanol–water partition coefficient (Wildman–Crippen LogP) is 3.11. The maximum atomic E-state index is 12.3. The Labute approximate surface area is 132 Å². The van der Waals surface area contributed by atoms with Crippen molar-refractivity contribution in [1.82, 2.24) is 9.88 Å². The first-order valence-corrected chi connectivity index (χ1v) is 8.02. The van der Waals surface area contributed by atoms with Crippen LogP contribution in [0.25, 0.3) is 0 Å². The number of carbonyl (C=O) groups is 1. The van der Waals surface area contributed by atoms with E-state index >= 15 is 0 Å². The largest absolute Gasteiger partial charge is 0.342 e. The Morgan fingerprint density at radius 3 is 2.73 bits per heavy atom. The van der Waals surface area contributed by atoms with Crippen LogP contribution in [0.15, 0.2) is 54.9 Å². The van der Waals surface area contributed by atoms with Crippen molar-refractivity contribution >= 4 is 5.91 Å². The lowest BCUT2D eigenvalue weighted by molar-refractivity contribution is -0.130. The van der Waals surface area contributed by atoms with Crippen LogP contribution < -0.4 is 0 Å². The van der Waals surface area contributed by atoms with Crippen LogP contribution in [-0.4, -0.2) is 28.9 Å². The molecule has 1 atom stereocenters. The first-order chi connectivity index (χ1) is 10.8. The van der Waals surface area contributed by atoms with E-state index in [2.05, 4.69) is 29.2 Å². The molecule has 1 fully saturated rings. The predicted molar refractivity (Wildman–Crippen MR) is 87.4 cm³/mol. The minimum atomic E-state index is 0.277. The molecule has 0 spiro atoms. The summed E-state index contributed by atoms with van der Waals surface area (Å²) >= 11 is 0. The van der Waals surface area contributed by atoms with E-state index in [9.17, 15) is 4.79 Å². The van der Waals surface area contributed by atoms with Gasteiger partial charge in [-0.1, -0.05) is 36.4 Å². The van der Waals surface area contributed by atoms with Crippen molar-refractivity contribution < 1.29 is 4.79 Å². The highest BCUT2D eigenvalue weighted by Gasteiger charge is 2.25. The van der Waals surface area contributed by atoms with Gasteiger partial charge in [-0.25, -0.2) is 0 Å². The Hall–Kier alpha value is -2.16. The van der Waals surface area contributed by atoms with Crippen LogP contribution in [0.4, 0.5) is 0 Å². The van der Waals surface area contributed by atoms with Gasteiger partial charge in [-0.3, -0.25) is 9.78 Å². The third-order valence-electron chi connectivity index (χ3n) is 4.36. The molecule has 1 amide bonds. The number of pyridine rings is 1. The summed E-state index contributed by atoms with van der Waals surface area (Å²) in [5.74, 6) is 0.879. The second kappa shape index (κ2) is 7.21. The van der Waals surface area contributed by atoms with Gasteiger partial charge in [0.05, 0.1) is 0 Å². The van der Waals surface area contributed by atoms with Crippen molar-refractivity contribution in [1.29, 1.82) is 0 Å². The van der Waals surface area contributed by atoms with Crippen LogP contribution in [0, 0.1) is 5.92 Å². The third kappa shape index (κ3) is 3.94. The maximum absolute atomic E-state index is 12.3. The lowest BCUT2D eigenvalue weighted by Gasteiger charge is -2.16. The maximum Gasteiger partial charge on any atom is 0.222 e. The molecule has 0 saturated carbocycles. The number of rotatable bonds is 5. The van der Waals surface area contributed by atoms with Crippen LogP contribution in [0.5, 0.6) is 0 Å². The Bertz CT molecular complexity index is 597. The Balaban J connectivity index is 1.46. The molecule has 1 saturated heterocycles. The Morgan fingerprint density at radius 2 is 1.95 bits per heavy atom. The second-order valence-electron chi connectivity index (χ2n) is 6.05. The van der Waals surface area contributed by atoms with Crippen LogP contribution in [0.1, 0.15) is 24.0 Å². The normalized spacial score (nSPS) is 17.6. The highest BCUT2D eigenvalue weighted by atomic mass is 16.2. The van der Waals surface area contributed by atoms with E-state index in [1.54, 1.807) is 6.20 Å². The number of aryl methyl sites for hydroxylation is 1. The van der Waals surface area contributed by atoms with Gasteiger partial charge in [0, 0.05) is 31.9 Å². The second-order valence-corrected chi connectivity index (χ2v) is 6.05. The van der Waals surface area contributed by atoms with E-state index in [1.807, 2.05) is 29.3 Å². The summed E-state index contributed by atoms with van der Waals surface area (Å²) in [7, 11) is 0. The molecule has 1 aromatic carbocycles. The highest BCUT2D eigenvalue weighted by molar-refractivity contribution is 5.76. The first kappa shape index (κ1) is 14.8. The summed E-state index contributed by atoms with van der Waals surface area (Å²) in [5, 5.41) is 0. The molecule has 3 heteroatoms. The van der Waals surface area contributed by atoms with Crippen LogP contribution in [-0.2, 0) is 17.6 Å². The van der Waals surface area contributed by atoms with Gasteiger partial charge in [-0.05, 0) is 42.4 Å². The molecular weight excluding hydrogens is 272 g/mol. The smallest absolute Gasteiger partial charge is 0.222 e. The molecular formula is C19H22N2O. The SMILES string of the molecule is O=C(CCc1cccnc1)N1CC[C@H](Cc2ccccc2)C1. The van der Waals surface area contributed by atoms with E-state index in [0.717, 1.165) is 37.9 Å². The van der Waals surface area contributed by atoms with E-state index in [4.69, 9.17) is 0 Å². The molecule has 1 aliphatic heterocycles. The van der Waals surface area contributed by atoms with Gasteiger partial charge in [-0.15, -0.1) is 0 Å². The van der Waals surface area contributed by atoms with Crippen molar-refractivity contribution in [3.05, 3.63) is 66.0 Å². The first-order valence-electron chi connectivity index (χ1n) is 8.02. The molecule has 2 aromatic rings. The molecule has 0 aliphatic carbocycles. The zero-order valence-corrected chi connectivity index (χ0v) is 12.8. The molecule has 1 aliphatic rings. The van der Waals surface area contributed by atoms with Gasteiger partial charge >= 0.3 is 0 Å². The number of amides is 1. The molecule has 3 rings (SSSR count). The standard InChI is InChI=1S/C19H22N2O/c22-19(9-8-17-7-4-11-20-14-17)21-12-10-18(15-21)13-16-5-2-1-3-6-16/h1-7,11,14,18H,8-10,12-13,15H2/t18-/m1/s1. The van der Waals surface area contributed by atoms with Crippen LogP contribution >= 0.6 is 0 Å². The quantitative estimate of drug-likeness (QED) is 0.849. The summed E-state index contributed by atoms with van der Waals surface area (Å²) in [6, 6.07) is 14.5. The summed E-state index contributed by atoms with van der Waals surface area (Å²) in [6.07, 6.45) is 7.17. The average molecular weight is 294 g/mol. The van der Waals surface area contributed by atoms with Crippen molar-refractivity contribution in [2.45, 2.75) is 25.7 Å². The van der Waals surface area contributed by atoms with Crippen molar-refractivity contribution in [2.24, 2.45) is 5.92 Å². The van der Waals surface area contributed by atoms with Gasteiger partial charge in [0.15, 0.2) is 0 Å². The van der Waals surface area contributed by atoms with Crippen molar-refractivity contribution in [3.63, 3.8) is 0 Å². The highest BCUT2D eigenvalue weighted by Crippen LogP contribution is 2.21. The van der Waals surface area contributed by atoms with Gasteiger partial charge in [0.25, 0.3) is 0 Å². The molecule has 0 bridgehead atoms. The molecule has 3 nitrogen and oxygen atoms in total. The van der Waals surface area contributed by atoms with Crippen LogP contribution in [0.2, 0.25) is 0 Å². The van der Waals surface area contributed by atoms with Gasteiger partial charge in [-0.2, -0.15) is 0 Å². The molecule has 114 valence electrons. The number of benzene rings is 1. The van der Waals surface area contributed by atoms with Gasteiger partial charge in [0.1, 0.15) is 0 Å². The topological polar surface area (TPSA) is 33.2 Å². The monoisotopic (exact) mass is 294 g/mol. The Kier molecular flexibility index (Phi) is 4.84. The van der Waals surface area contributed by atoms with Crippen molar-refractivity contribution in [3.8, 4) is 0 Å². The number of likely N-dealkylation sites (tertiary alicyclic amines) is 1. The fourth-order valence-electron chi connectivity index (χ4n) is 3.13. The summed E-state index contributed by atoms with van der Waals surface area (Å²) in [5.41, 5.74) is 2.51. The molecule has 0 N–H and O–H groups in total. The van der Waals surface area contributed by atoms with Gasteiger partial charge in [0.2, 0.25) is 5.91 Å². The minimum Gasteiger partial charge on any atom is -0.342 e. The molecule has 22 heavy (non-hydrogen) atoms. The lowest BCUT2D eigenvalue weighted by atomic mass is 9.99. The Morgan fingerprint density at radius 1 is 1.14 bits per heavy atom. The zero-order chi connectivity index (χ0) is 15.2. The number of hydrogen-bond donors (Lipinski definition) is 0. The number of hydrogen-bond acceptors (Lipinski definition) is 2. The number of carbonyl (C=O) groups excluding carboxylic acids is 1. The zero-order valence-electron chi connectivity index (χ0n) is 12.8. The molecule has 1 aromatic heterocycles. The lowest BCUT2D eigenvalue weighted by Crippen LogP contribution is -2.29. The number of aromatic nitrogens is 1. The average Bonchev–Trinajstić information content (AvgIpc) is 3.03. The van der Waals surface area contributed by atoms with E-state index in [1.165, 1.54) is 5.56 Å². The van der Waals surface area contributed by atoms with Crippen LogP contribution in [0.3, 0.4) is 0 Å². The summed E-state index contributed by atoms with van der Waals surface area (Å²) in [6.45, 7) is 1.81. The molecule has 0 unspecified atom stereocenters. The third-order valence-corrected chi connectivity index (χ3v) is 4.36. The van der Waals surface area contributed by atoms with Gasteiger partial charge < -0.3 is 4.90 Å². The summed E-state index contributed by atoms with van der Waals surface area (Å²) in [4.78, 5) is 18.4. The summed E-state index contributed by atoms with van der Waals surface area (Å²) < 4.78 is 0. The number of nitrogens with zero attached hydrogens (tertiary/aromatic N) is 2.